The van der Waals surface area contributed by atoms with Crippen LogP contribution in [0.1, 0.15) is 31.1 Å². The third-order valence-electron chi connectivity index (χ3n) is 1.67. The predicted octanol–water partition coefficient (Wildman–Crippen LogP) is 3.42. The molecule has 17 heavy (non-hydrogen) atoms. The zero-order chi connectivity index (χ0) is 13.1. The summed E-state index contributed by atoms with van der Waals surface area (Å²) in [6.45, 7) is 5.28. The van der Waals surface area contributed by atoms with Crippen LogP contribution in [0, 0.1) is 3.57 Å². The second-order valence-corrected chi connectivity index (χ2v) is 5.54. The minimum atomic E-state index is -0.755. The molecule has 0 spiro atoms. The van der Waals surface area contributed by atoms with Gasteiger partial charge in [-0.15, -0.1) is 0 Å². The largest absolute Gasteiger partial charge is 0.514 e. The van der Waals surface area contributed by atoms with Gasteiger partial charge < -0.3 is 9.47 Å². The van der Waals surface area contributed by atoms with Crippen molar-refractivity contribution in [2.24, 2.45) is 0 Å². The zero-order valence-corrected chi connectivity index (χ0v) is 12.0. The maximum Gasteiger partial charge on any atom is 0.514 e. The van der Waals surface area contributed by atoms with Crippen molar-refractivity contribution in [3.63, 3.8) is 0 Å². The molecule has 1 aromatic rings. The average molecular weight is 348 g/mol. The summed E-state index contributed by atoms with van der Waals surface area (Å²) >= 11 is 1.99. The van der Waals surface area contributed by atoms with Crippen molar-refractivity contribution < 1.29 is 19.1 Å². The Morgan fingerprint density at radius 3 is 2.47 bits per heavy atom. The topological polar surface area (TPSA) is 52.6 Å². The van der Waals surface area contributed by atoms with Gasteiger partial charge in [0.15, 0.2) is 0 Å². The summed E-state index contributed by atoms with van der Waals surface area (Å²) in [5.74, 6) is 0.380. The molecule has 92 valence electrons. The van der Waals surface area contributed by atoms with Gasteiger partial charge in [0.25, 0.3) is 0 Å². The smallest absolute Gasteiger partial charge is 0.428 e. The van der Waals surface area contributed by atoms with Crippen LogP contribution in [0.5, 0.6) is 5.75 Å². The first-order valence-corrected chi connectivity index (χ1v) is 6.05. The number of aldehydes is 1. The molecular formula is C12H13IO4. The lowest BCUT2D eigenvalue weighted by atomic mass is 10.2. The predicted molar refractivity (Wildman–Crippen MR) is 71.4 cm³/mol. The molecule has 0 saturated carbocycles. The fourth-order valence-corrected chi connectivity index (χ4v) is 1.68. The normalized spacial score (nSPS) is 10.8. The summed E-state index contributed by atoms with van der Waals surface area (Å²) in [7, 11) is 0. The van der Waals surface area contributed by atoms with E-state index in [2.05, 4.69) is 0 Å². The summed E-state index contributed by atoms with van der Waals surface area (Å²) in [6, 6.07) is 4.78. The first kappa shape index (κ1) is 14.0. The first-order chi connectivity index (χ1) is 7.81. The van der Waals surface area contributed by atoms with Crippen LogP contribution in [0.3, 0.4) is 0 Å². The van der Waals surface area contributed by atoms with Crippen molar-refractivity contribution in [1.82, 2.24) is 0 Å². The van der Waals surface area contributed by atoms with E-state index in [1.165, 1.54) is 0 Å². The first-order valence-electron chi connectivity index (χ1n) is 4.97. The van der Waals surface area contributed by atoms with Crippen molar-refractivity contribution in [3.8, 4) is 5.75 Å². The molecule has 0 bridgehead atoms. The molecule has 1 rings (SSSR count). The fraction of sp³-hybridized carbons (Fsp3) is 0.333. The summed E-state index contributed by atoms with van der Waals surface area (Å²) in [5.41, 5.74) is -0.0587. The lowest BCUT2D eigenvalue weighted by Crippen LogP contribution is -2.26. The maximum absolute atomic E-state index is 11.4. The van der Waals surface area contributed by atoms with Crippen LogP contribution in [-0.2, 0) is 4.74 Å². The maximum atomic E-state index is 11.4. The Hall–Kier alpha value is -1.11. The minimum Gasteiger partial charge on any atom is -0.428 e. The van der Waals surface area contributed by atoms with Crippen molar-refractivity contribution in [2.75, 3.05) is 0 Å². The highest BCUT2D eigenvalue weighted by Crippen LogP contribution is 2.22. The van der Waals surface area contributed by atoms with E-state index >= 15 is 0 Å². The minimum absolute atomic E-state index is 0.380. The number of benzene rings is 1. The Morgan fingerprint density at radius 1 is 1.35 bits per heavy atom. The molecule has 0 aromatic heterocycles. The van der Waals surface area contributed by atoms with E-state index < -0.39 is 11.8 Å². The van der Waals surface area contributed by atoms with E-state index in [1.807, 2.05) is 22.6 Å². The van der Waals surface area contributed by atoms with Crippen molar-refractivity contribution >= 4 is 35.0 Å². The molecule has 0 aliphatic rings. The Kier molecular flexibility index (Phi) is 4.50. The van der Waals surface area contributed by atoms with E-state index in [0.717, 1.165) is 6.29 Å². The molecule has 0 aliphatic carbocycles. The number of hydrogen-bond donors (Lipinski definition) is 0. The summed E-state index contributed by atoms with van der Waals surface area (Å²) in [4.78, 5) is 22.0. The molecule has 5 heteroatoms. The van der Waals surface area contributed by atoms with Gasteiger partial charge in [-0.1, -0.05) is 0 Å². The van der Waals surface area contributed by atoms with Gasteiger partial charge in [0, 0.05) is 5.56 Å². The van der Waals surface area contributed by atoms with Crippen molar-refractivity contribution in [3.05, 3.63) is 27.3 Å². The fourth-order valence-electron chi connectivity index (χ4n) is 1.03. The van der Waals surface area contributed by atoms with Crippen molar-refractivity contribution in [1.29, 1.82) is 0 Å². The standard InChI is InChI=1S/C12H13IO4/c1-12(2,3)17-11(15)16-10-5-4-8(7-14)6-9(10)13/h4-7H,1-3H3. The average Bonchev–Trinajstić information content (AvgIpc) is 2.18. The molecular weight excluding hydrogens is 335 g/mol. The molecule has 4 nitrogen and oxygen atoms in total. The molecule has 0 aliphatic heterocycles. The third-order valence-corrected chi connectivity index (χ3v) is 2.52. The summed E-state index contributed by atoms with van der Waals surface area (Å²) in [6.07, 6.45) is -0.0198. The molecule has 0 N–H and O–H groups in total. The molecule has 0 heterocycles. The lowest BCUT2D eigenvalue weighted by Gasteiger charge is -2.18. The molecule has 0 radical (unpaired) electrons. The van der Waals surface area contributed by atoms with Gasteiger partial charge in [-0.25, -0.2) is 4.79 Å². The van der Waals surface area contributed by atoms with E-state index in [-0.39, 0.29) is 0 Å². The third kappa shape index (κ3) is 4.72. The second-order valence-electron chi connectivity index (χ2n) is 4.37. The van der Waals surface area contributed by atoms with Crippen LogP contribution in [0.15, 0.2) is 18.2 Å². The summed E-state index contributed by atoms with van der Waals surface area (Å²) < 4.78 is 10.7. The van der Waals surface area contributed by atoms with Gasteiger partial charge in [-0.2, -0.15) is 0 Å². The second kappa shape index (κ2) is 5.48. The van der Waals surface area contributed by atoms with Gasteiger partial charge in [-0.3, -0.25) is 4.79 Å². The van der Waals surface area contributed by atoms with Gasteiger partial charge in [0.05, 0.1) is 3.57 Å². The Morgan fingerprint density at radius 2 is 2.00 bits per heavy atom. The van der Waals surface area contributed by atoms with Gasteiger partial charge in [0.2, 0.25) is 0 Å². The number of carbonyl (C=O) groups is 2. The molecule has 1 aromatic carbocycles. The SMILES string of the molecule is CC(C)(C)OC(=O)Oc1ccc(C=O)cc1I. The van der Waals surface area contributed by atoms with E-state index in [9.17, 15) is 9.59 Å². The van der Waals surface area contributed by atoms with Crippen LogP contribution in [-0.4, -0.2) is 18.0 Å². The quantitative estimate of drug-likeness (QED) is 0.356. The van der Waals surface area contributed by atoms with Gasteiger partial charge in [-0.05, 0) is 61.6 Å². The Bertz CT molecular complexity index is 435. The van der Waals surface area contributed by atoms with Crippen LogP contribution in [0.25, 0.3) is 0 Å². The van der Waals surface area contributed by atoms with E-state index in [0.29, 0.717) is 14.9 Å². The van der Waals surface area contributed by atoms with Crippen molar-refractivity contribution in [2.45, 2.75) is 26.4 Å². The van der Waals surface area contributed by atoms with Gasteiger partial charge in [0.1, 0.15) is 17.6 Å². The Balaban J connectivity index is 2.75. The van der Waals surface area contributed by atoms with E-state index in [4.69, 9.17) is 9.47 Å². The highest BCUT2D eigenvalue weighted by Gasteiger charge is 2.18. The van der Waals surface area contributed by atoms with Crippen LogP contribution in [0.4, 0.5) is 4.79 Å². The number of rotatable bonds is 2. The molecule has 0 amide bonds. The van der Waals surface area contributed by atoms with E-state index in [1.54, 1.807) is 39.0 Å². The number of ether oxygens (including phenoxy) is 2. The van der Waals surface area contributed by atoms with Crippen LogP contribution in [0.2, 0.25) is 0 Å². The van der Waals surface area contributed by atoms with Crippen LogP contribution >= 0.6 is 22.6 Å². The molecule has 0 fully saturated rings. The Labute approximate surface area is 113 Å². The molecule has 0 saturated heterocycles. The lowest BCUT2D eigenvalue weighted by molar-refractivity contribution is 0.0204. The highest BCUT2D eigenvalue weighted by atomic mass is 127. The monoisotopic (exact) mass is 348 g/mol. The van der Waals surface area contributed by atoms with Gasteiger partial charge >= 0.3 is 6.16 Å². The summed E-state index contributed by atoms with van der Waals surface area (Å²) in [5, 5.41) is 0. The molecule has 0 unspecified atom stereocenters. The zero-order valence-electron chi connectivity index (χ0n) is 9.82. The highest BCUT2D eigenvalue weighted by molar-refractivity contribution is 14.1. The number of carbonyl (C=O) groups excluding carboxylic acids is 2. The number of hydrogen-bond acceptors (Lipinski definition) is 4. The van der Waals surface area contributed by atoms with Crippen LogP contribution < -0.4 is 4.74 Å². The molecule has 0 atom stereocenters. The number of halogens is 1.